The van der Waals surface area contributed by atoms with E-state index in [1.165, 1.54) is 18.4 Å². The van der Waals surface area contributed by atoms with E-state index in [-0.39, 0.29) is 0 Å². The summed E-state index contributed by atoms with van der Waals surface area (Å²) in [7, 11) is 0. The monoisotopic (exact) mass is 266 g/mol. The molecule has 0 radical (unpaired) electrons. The van der Waals surface area contributed by atoms with Gasteiger partial charge in [-0.15, -0.1) is 0 Å². The number of hydrogen-bond donors (Lipinski definition) is 2. The van der Waals surface area contributed by atoms with Crippen LogP contribution in [0, 0.1) is 0 Å². The summed E-state index contributed by atoms with van der Waals surface area (Å²) in [6.45, 7) is 4.51. The van der Waals surface area contributed by atoms with Crippen LogP contribution in [0.2, 0.25) is 0 Å². The minimum atomic E-state index is 0.438. The Morgan fingerprint density at radius 1 is 1.28 bits per heavy atom. The van der Waals surface area contributed by atoms with Gasteiger partial charge in [-0.05, 0) is 31.2 Å². The number of benzene rings is 1. The Bertz CT molecular complexity index is 303. The van der Waals surface area contributed by atoms with Crippen molar-refractivity contribution in [2.24, 2.45) is 5.84 Å². The predicted molar refractivity (Wildman–Crippen MR) is 82.7 cm³/mol. The lowest BCUT2D eigenvalue weighted by Gasteiger charge is -2.17. The lowest BCUT2D eigenvalue weighted by molar-refractivity contribution is 0.519. The molecule has 2 atom stereocenters. The molecule has 0 heterocycles. The molecule has 1 rings (SSSR count). The fourth-order valence-corrected chi connectivity index (χ4v) is 2.87. The lowest BCUT2D eigenvalue weighted by atomic mass is 10.1. The van der Waals surface area contributed by atoms with E-state index in [1.54, 1.807) is 0 Å². The highest BCUT2D eigenvalue weighted by Gasteiger charge is 2.08. The first-order valence-electron chi connectivity index (χ1n) is 6.88. The average molecular weight is 266 g/mol. The van der Waals surface area contributed by atoms with Crippen LogP contribution in [0.15, 0.2) is 30.3 Å². The summed E-state index contributed by atoms with van der Waals surface area (Å²) in [5.41, 5.74) is 4.37. The number of thioether (sulfide) groups is 1. The van der Waals surface area contributed by atoms with Crippen molar-refractivity contribution < 1.29 is 0 Å². The molecule has 18 heavy (non-hydrogen) atoms. The zero-order chi connectivity index (χ0) is 13.2. The standard InChI is InChI=1S/C15H26N2S/c1-3-13(2)18-12-15(17-16)11-7-10-14-8-5-4-6-9-14/h4-6,8-9,13,15,17H,3,7,10-12,16H2,1-2H3. The summed E-state index contributed by atoms with van der Waals surface area (Å²) >= 11 is 2.01. The van der Waals surface area contributed by atoms with E-state index >= 15 is 0 Å². The number of rotatable bonds is 9. The van der Waals surface area contributed by atoms with Crippen molar-refractivity contribution in [3.05, 3.63) is 35.9 Å². The first-order valence-corrected chi connectivity index (χ1v) is 7.92. The second kappa shape index (κ2) is 9.42. The molecular formula is C15H26N2S. The Labute approximate surface area is 116 Å². The maximum atomic E-state index is 5.62. The van der Waals surface area contributed by atoms with E-state index in [9.17, 15) is 0 Å². The molecule has 2 nitrogen and oxygen atoms in total. The zero-order valence-electron chi connectivity index (χ0n) is 11.6. The number of hydrogen-bond acceptors (Lipinski definition) is 3. The molecule has 0 bridgehead atoms. The molecule has 0 aliphatic rings. The zero-order valence-corrected chi connectivity index (χ0v) is 12.4. The van der Waals surface area contributed by atoms with E-state index in [0.29, 0.717) is 6.04 Å². The normalized spacial score (nSPS) is 14.4. The highest BCUT2D eigenvalue weighted by Crippen LogP contribution is 2.16. The number of nitrogens with one attached hydrogen (secondary N) is 1. The highest BCUT2D eigenvalue weighted by molar-refractivity contribution is 7.99. The van der Waals surface area contributed by atoms with Crippen LogP contribution in [-0.2, 0) is 6.42 Å². The molecule has 0 fully saturated rings. The van der Waals surface area contributed by atoms with Gasteiger partial charge in [0.05, 0.1) is 0 Å². The van der Waals surface area contributed by atoms with Crippen LogP contribution >= 0.6 is 11.8 Å². The van der Waals surface area contributed by atoms with Gasteiger partial charge >= 0.3 is 0 Å². The van der Waals surface area contributed by atoms with Crippen molar-refractivity contribution in [2.75, 3.05) is 5.75 Å². The maximum Gasteiger partial charge on any atom is 0.0301 e. The Morgan fingerprint density at radius 3 is 2.61 bits per heavy atom. The van der Waals surface area contributed by atoms with Crippen LogP contribution in [0.5, 0.6) is 0 Å². The van der Waals surface area contributed by atoms with Gasteiger partial charge in [0, 0.05) is 17.0 Å². The van der Waals surface area contributed by atoms with Gasteiger partial charge in [0.2, 0.25) is 0 Å². The molecule has 0 spiro atoms. The highest BCUT2D eigenvalue weighted by atomic mass is 32.2. The van der Waals surface area contributed by atoms with Gasteiger partial charge in [-0.1, -0.05) is 44.2 Å². The molecule has 0 aliphatic carbocycles. The first-order chi connectivity index (χ1) is 8.76. The van der Waals surface area contributed by atoms with Crippen LogP contribution < -0.4 is 11.3 Å². The summed E-state index contributed by atoms with van der Waals surface area (Å²) in [5, 5.41) is 0.731. The molecule has 0 aromatic heterocycles. The van der Waals surface area contributed by atoms with Crippen molar-refractivity contribution in [3.63, 3.8) is 0 Å². The van der Waals surface area contributed by atoms with Crippen molar-refractivity contribution >= 4 is 11.8 Å². The molecule has 0 saturated heterocycles. The molecule has 1 aromatic carbocycles. The molecule has 0 aliphatic heterocycles. The third kappa shape index (κ3) is 6.43. The second-order valence-corrected chi connectivity index (χ2v) is 6.27. The lowest BCUT2D eigenvalue weighted by Crippen LogP contribution is -2.37. The van der Waals surface area contributed by atoms with E-state index in [1.807, 2.05) is 11.8 Å². The smallest absolute Gasteiger partial charge is 0.0301 e. The van der Waals surface area contributed by atoms with Gasteiger partial charge in [0.1, 0.15) is 0 Å². The van der Waals surface area contributed by atoms with Crippen LogP contribution in [0.3, 0.4) is 0 Å². The van der Waals surface area contributed by atoms with Gasteiger partial charge in [0.15, 0.2) is 0 Å². The number of hydrazine groups is 1. The molecule has 1 aromatic rings. The summed E-state index contributed by atoms with van der Waals surface area (Å²) in [6.07, 6.45) is 4.72. The van der Waals surface area contributed by atoms with Gasteiger partial charge in [-0.25, -0.2) is 0 Å². The van der Waals surface area contributed by atoms with Crippen LogP contribution in [-0.4, -0.2) is 17.0 Å². The Morgan fingerprint density at radius 2 is 2.00 bits per heavy atom. The SMILES string of the molecule is CCC(C)SCC(CCCc1ccccc1)NN. The number of aryl methyl sites for hydroxylation is 1. The Hall–Kier alpha value is -0.510. The van der Waals surface area contributed by atoms with Crippen LogP contribution in [0.4, 0.5) is 0 Å². The van der Waals surface area contributed by atoms with Crippen molar-refractivity contribution in [3.8, 4) is 0 Å². The predicted octanol–water partition coefficient (Wildman–Crippen LogP) is 3.37. The van der Waals surface area contributed by atoms with Gasteiger partial charge in [0.25, 0.3) is 0 Å². The topological polar surface area (TPSA) is 38.0 Å². The van der Waals surface area contributed by atoms with Crippen molar-refractivity contribution in [1.29, 1.82) is 0 Å². The van der Waals surface area contributed by atoms with Gasteiger partial charge < -0.3 is 0 Å². The van der Waals surface area contributed by atoms with Crippen molar-refractivity contribution in [1.82, 2.24) is 5.43 Å². The largest absolute Gasteiger partial charge is 0.271 e. The van der Waals surface area contributed by atoms with E-state index in [4.69, 9.17) is 5.84 Å². The Kier molecular flexibility index (Phi) is 8.14. The molecule has 3 heteroatoms. The molecule has 0 amide bonds. The summed E-state index contributed by atoms with van der Waals surface area (Å²) in [6, 6.07) is 11.1. The molecule has 3 N–H and O–H groups in total. The Balaban J connectivity index is 2.19. The quantitative estimate of drug-likeness (QED) is 0.531. The second-order valence-electron chi connectivity index (χ2n) is 4.79. The third-order valence-electron chi connectivity index (χ3n) is 3.25. The minimum absolute atomic E-state index is 0.438. The fraction of sp³-hybridized carbons (Fsp3) is 0.600. The molecule has 2 unspecified atom stereocenters. The van der Waals surface area contributed by atoms with Crippen LogP contribution in [0.25, 0.3) is 0 Å². The molecule has 0 saturated carbocycles. The summed E-state index contributed by atoms with van der Waals surface area (Å²) in [5.74, 6) is 6.73. The first kappa shape index (κ1) is 15.5. The average Bonchev–Trinajstić information content (AvgIpc) is 2.43. The minimum Gasteiger partial charge on any atom is -0.271 e. The summed E-state index contributed by atoms with van der Waals surface area (Å²) in [4.78, 5) is 0. The van der Waals surface area contributed by atoms with Gasteiger partial charge in [-0.3, -0.25) is 11.3 Å². The fourth-order valence-electron chi connectivity index (χ4n) is 1.81. The third-order valence-corrected chi connectivity index (χ3v) is 4.75. The maximum absolute atomic E-state index is 5.62. The van der Waals surface area contributed by atoms with E-state index < -0.39 is 0 Å². The van der Waals surface area contributed by atoms with E-state index in [2.05, 4.69) is 49.6 Å². The molecular weight excluding hydrogens is 240 g/mol. The van der Waals surface area contributed by atoms with Crippen molar-refractivity contribution in [2.45, 2.75) is 50.8 Å². The molecule has 102 valence electrons. The van der Waals surface area contributed by atoms with E-state index in [0.717, 1.165) is 23.8 Å². The summed E-state index contributed by atoms with van der Waals surface area (Å²) < 4.78 is 0. The number of nitrogens with two attached hydrogens (primary N) is 1. The van der Waals surface area contributed by atoms with Gasteiger partial charge in [-0.2, -0.15) is 11.8 Å². The van der Waals surface area contributed by atoms with Crippen LogP contribution in [0.1, 0.15) is 38.7 Å².